The molecule has 2 amide bonds. The number of likely N-dealkylation sites (N-methyl/N-ethyl adjacent to an activating group) is 1. The highest BCUT2D eigenvalue weighted by Crippen LogP contribution is 2.19. The molecule has 0 saturated carbocycles. The molecule has 0 aliphatic rings. The van der Waals surface area contributed by atoms with E-state index in [-0.39, 0.29) is 0 Å². The predicted molar refractivity (Wildman–Crippen MR) is 119 cm³/mol. The highest BCUT2D eigenvalue weighted by atomic mass is 16.3. The third-order valence-corrected chi connectivity index (χ3v) is 4.67. The molecule has 30 heavy (non-hydrogen) atoms. The van der Waals surface area contributed by atoms with Crippen LogP contribution in [0.5, 0.6) is 0 Å². The average Bonchev–Trinajstić information content (AvgIpc) is 2.76. The average molecular weight is 419 g/mol. The largest absolute Gasteiger partial charge is 0.380 e. The van der Waals surface area contributed by atoms with Crippen LogP contribution in [0.15, 0.2) is 42.0 Å². The van der Waals surface area contributed by atoms with Gasteiger partial charge >= 0.3 is 0 Å². The minimum atomic E-state index is -1.84. The molecule has 0 aliphatic carbocycles. The van der Waals surface area contributed by atoms with Gasteiger partial charge in [0.05, 0.1) is 11.7 Å². The van der Waals surface area contributed by atoms with Gasteiger partial charge in [-0.3, -0.25) is 14.6 Å². The first kappa shape index (κ1) is 25.3. The van der Waals surface area contributed by atoms with Crippen LogP contribution in [-0.4, -0.2) is 65.0 Å². The molecule has 8 nitrogen and oxygen atoms in total. The first-order chi connectivity index (χ1) is 14.3. The van der Waals surface area contributed by atoms with Gasteiger partial charge in [-0.1, -0.05) is 25.6 Å². The number of allylic oxidation sites excluding steroid dienone is 1. The minimum Gasteiger partial charge on any atom is -0.380 e. The highest BCUT2D eigenvalue weighted by molar-refractivity contribution is 5.90. The summed E-state index contributed by atoms with van der Waals surface area (Å²) in [7, 11) is 0. The van der Waals surface area contributed by atoms with Crippen molar-refractivity contribution in [1.82, 2.24) is 10.2 Å². The van der Waals surface area contributed by atoms with E-state index in [1.165, 1.54) is 4.90 Å². The number of amides is 2. The Hall–Kier alpha value is -2.71. The number of hydrogen-bond donors (Lipinski definition) is 3. The molecular formula is C22H34N4O4. The molecule has 166 valence electrons. The van der Waals surface area contributed by atoms with Crippen LogP contribution in [-0.2, 0) is 9.59 Å². The summed E-state index contributed by atoms with van der Waals surface area (Å²) in [6.07, 6.45) is 0.284. The number of hydrogen-bond acceptors (Lipinski definition) is 6. The van der Waals surface area contributed by atoms with Gasteiger partial charge in [-0.25, -0.2) is 0 Å². The maximum Gasteiger partial charge on any atom is 0.254 e. The molecule has 0 spiro atoms. The first-order valence-corrected chi connectivity index (χ1v) is 10.3. The van der Waals surface area contributed by atoms with E-state index >= 15 is 0 Å². The fourth-order valence-corrected chi connectivity index (χ4v) is 2.94. The zero-order valence-electron chi connectivity index (χ0n) is 18.3. The maximum atomic E-state index is 12.4. The van der Waals surface area contributed by atoms with Crippen molar-refractivity contribution in [1.29, 1.82) is 0 Å². The fraction of sp³-hybridized carbons (Fsp3) is 0.500. The van der Waals surface area contributed by atoms with Crippen LogP contribution < -0.4 is 10.3 Å². The summed E-state index contributed by atoms with van der Waals surface area (Å²) in [5.41, 5.74) is 1.69. The van der Waals surface area contributed by atoms with Gasteiger partial charge in [-0.15, -0.1) is 0 Å². The van der Waals surface area contributed by atoms with Crippen molar-refractivity contribution in [3.63, 3.8) is 0 Å². The second kappa shape index (κ2) is 12.8. The predicted octanol–water partition coefficient (Wildman–Crippen LogP) is 1.84. The molecule has 3 unspecified atom stereocenters. The van der Waals surface area contributed by atoms with Crippen LogP contribution >= 0.6 is 0 Å². The molecule has 0 fully saturated rings. The fourth-order valence-electron chi connectivity index (χ4n) is 2.94. The molecule has 0 heterocycles. The molecule has 3 N–H and O–H groups in total. The summed E-state index contributed by atoms with van der Waals surface area (Å²) >= 11 is 0. The van der Waals surface area contributed by atoms with Crippen molar-refractivity contribution in [2.75, 3.05) is 24.6 Å². The second-order valence-corrected chi connectivity index (χ2v) is 6.85. The van der Waals surface area contributed by atoms with E-state index in [4.69, 9.17) is 0 Å². The molecule has 0 bridgehead atoms. The molecule has 0 aliphatic heterocycles. The SMILES string of the molecule is C=C/C=N\N(CC)c1ccc(C(C)NC(=O)C(O)C(O)C(=O)N(CC)CCC)cc1. The number of aliphatic hydroxyl groups is 2. The summed E-state index contributed by atoms with van der Waals surface area (Å²) < 4.78 is 0. The molecule has 0 saturated heterocycles. The van der Waals surface area contributed by atoms with Gasteiger partial charge in [0.2, 0.25) is 0 Å². The number of aliphatic hydroxyl groups excluding tert-OH is 2. The standard InChI is InChI=1S/C22H34N4O4/c1-6-14-23-26(9-4)18-12-10-17(11-13-18)16(5)24-21(29)19(27)20(28)22(30)25(8-3)15-7-2/h6,10-14,16,19-20,27-28H,1,7-9,15H2,2-5H3,(H,24,29)/b23-14-. The lowest BCUT2D eigenvalue weighted by Gasteiger charge is -2.26. The Morgan fingerprint density at radius 2 is 1.77 bits per heavy atom. The van der Waals surface area contributed by atoms with Gasteiger partial charge < -0.3 is 20.4 Å². The van der Waals surface area contributed by atoms with Gasteiger partial charge in [-0.05, 0) is 51.0 Å². The number of nitrogens with one attached hydrogen (secondary N) is 1. The Morgan fingerprint density at radius 1 is 1.13 bits per heavy atom. The van der Waals surface area contributed by atoms with Crippen molar-refractivity contribution >= 4 is 23.7 Å². The Morgan fingerprint density at radius 3 is 2.27 bits per heavy atom. The van der Waals surface area contributed by atoms with Crippen LogP contribution in [0, 0.1) is 0 Å². The van der Waals surface area contributed by atoms with Crippen molar-refractivity contribution in [2.45, 2.75) is 52.4 Å². The quantitative estimate of drug-likeness (QED) is 0.355. The highest BCUT2D eigenvalue weighted by Gasteiger charge is 2.33. The van der Waals surface area contributed by atoms with Gasteiger partial charge in [0.1, 0.15) is 0 Å². The maximum absolute atomic E-state index is 12.4. The first-order valence-electron chi connectivity index (χ1n) is 10.3. The number of carbonyl (C=O) groups is 2. The van der Waals surface area contributed by atoms with E-state index in [1.54, 1.807) is 31.1 Å². The van der Waals surface area contributed by atoms with Crippen molar-refractivity contribution in [2.24, 2.45) is 5.10 Å². The second-order valence-electron chi connectivity index (χ2n) is 6.85. The van der Waals surface area contributed by atoms with Crippen LogP contribution in [0.1, 0.15) is 45.7 Å². The Kier molecular flexibility index (Phi) is 10.8. The monoisotopic (exact) mass is 418 g/mol. The number of nitrogens with zero attached hydrogens (tertiary/aromatic N) is 3. The lowest BCUT2D eigenvalue weighted by atomic mass is 10.1. The minimum absolute atomic E-state index is 0.395. The van der Waals surface area contributed by atoms with Crippen molar-refractivity contribution in [3.8, 4) is 0 Å². The number of rotatable bonds is 12. The molecule has 1 aromatic rings. The van der Waals surface area contributed by atoms with E-state index in [1.807, 2.05) is 38.1 Å². The number of anilines is 1. The molecule has 3 atom stereocenters. The van der Waals surface area contributed by atoms with Gasteiger partial charge in [-0.2, -0.15) is 5.10 Å². The van der Waals surface area contributed by atoms with Crippen LogP contribution in [0.3, 0.4) is 0 Å². The summed E-state index contributed by atoms with van der Waals surface area (Å²) in [5, 5.41) is 29.0. The smallest absolute Gasteiger partial charge is 0.254 e. The number of benzene rings is 1. The molecule has 8 heteroatoms. The number of hydrazone groups is 1. The zero-order chi connectivity index (χ0) is 22.7. The summed E-state index contributed by atoms with van der Waals surface area (Å²) in [4.78, 5) is 26.1. The Labute approximate surface area is 178 Å². The third-order valence-electron chi connectivity index (χ3n) is 4.67. The van der Waals surface area contributed by atoms with Crippen molar-refractivity contribution < 1.29 is 19.8 Å². The van der Waals surface area contributed by atoms with Crippen molar-refractivity contribution in [3.05, 3.63) is 42.5 Å². The summed E-state index contributed by atoms with van der Waals surface area (Å²) in [6.45, 7) is 12.6. The lowest BCUT2D eigenvalue weighted by Crippen LogP contribution is -2.51. The van der Waals surface area contributed by atoms with E-state index in [0.717, 1.165) is 17.7 Å². The van der Waals surface area contributed by atoms with Gasteiger partial charge in [0.15, 0.2) is 12.2 Å². The van der Waals surface area contributed by atoms with Crippen LogP contribution in [0.4, 0.5) is 5.69 Å². The lowest BCUT2D eigenvalue weighted by molar-refractivity contribution is -0.153. The van der Waals surface area contributed by atoms with Gasteiger partial charge in [0, 0.05) is 25.8 Å². The van der Waals surface area contributed by atoms with E-state index < -0.39 is 30.1 Å². The van der Waals surface area contributed by atoms with E-state index in [0.29, 0.717) is 19.6 Å². The van der Waals surface area contributed by atoms with E-state index in [2.05, 4.69) is 17.0 Å². The van der Waals surface area contributed by atoms with Gasteiger partial charge in [0.25, 0.3) is 11.8 Å². The van der Waals surface area contributed by atoms with Crippen LogP contribution in [0.2, 0.25) is 0 Å². The molecule has 0 aromatic heterocycles. The Bertz CT molecular complexity index is 720. The normalized spacial score (nSPS) is 14.1. The third kappa shape index (κ3) is 6.96. The molecular weight excluding hydrogens is 384 g/mol. The molecule has 0 radical (unpaired) electrons. The summed E-state index contributed by atoms with van der Waals surface area (Å²) in [6, 6.07) is 7.02. The Balaban J connectivity index is 2.77. The van der Waals surface area contributed by atoms with E-state index in [9.17, 15) is 19.8 Å². The molecule has 1 aromatic carbocycles. The topological polar surface area (TPSA) is 105 Å². The van der Waals surface area contributed by atoms with Crippen LogP contribution in [0.25, 0.3) is 0 Å². The molecule has 1 rings (SSSR count). The zero-order valence-corrected chi connectivity index (χ0v) is 18.3. The summed E-state index contributed by atoms with van der Waals surface area (Å²) in [5.74, 6) is -1.45. The number of carbonyl (C=O) groups excluding carboxylic acids is 2.